The summed E-state index contributed by atoms with van der Waals surface area (Å²) >= 11 is 2.22. The number of halogens is 1. The van der Waals surface area contributed by atoms with Crippen molar-refractivity contribution in [2.75, 3.05) is 5.32 Å². The number of carbonyl (C=O) groups excluding carboxylic acids is 1. The highest BCUT2D eigenvalue weighted by Gasteiger charge is 2.36. The van der Waals surface area contributed by atoms with E-state index in [0.29, 0.717) is 18.5 Å². The van der Waals surface area contributed by atoms with Gasteiger partial charge in [0.1, 0.15) is 5.76 Å². The molecule has 0 saturated heterocycles. The van der Waals surface area contributed by atoms with Crippen LogP contribution in [0.5, 0.6) is 0 Å². The first-order valence-electron chi connectivity index (χ1n) is 8.51. The Kier molecular flexibility index (Phi) is 5.27. The smallest absolute Gasteiger partial charge is 0.291 e. The highest BCUT2D eigenvalue weighted by Crippen LogP contribution is 2.39. The second-order valence-corrected chi connectivity index (χ2v) is 8.65. The normalized spacial score (nSPS) is 16.7. The second kappa shape index (κ2) is 7.34. The van der Waals surface area contributed by atoms with Gasteiger partial charge < -0.3 is 21.2 Å². The van der Waals surface area contributed by atoms with Crippen LogP contribution < -0.4 is 16.8 Å². The minimum Gasteiger partial charge on any atom is -0.455 e. The molecule has 1 aliphatic carbocycles. The zero-order chi connectivity index (χ0) is 19.8. The molecule has 0 radical (unpaired) electrons. The minimum atomic E-state index is -0.290. The number of guanidine groups is 1. The molecular formula is C19H22IN5O2. The Hall–Kier alpha value is -2.36. The zero-order valence-corrected chi connectivity index (χ0v) is 17.6. The quantitative estimate of drug-likeness (QED) is 0.271. The lowest BCUT2D eigenvalue weighted by molar-refractivity contribution is 0.0993. The van der Waals surface area contributed by atoms with Crippen molar-refractivity contribution in [3.05, 3.63) is 50.5 Å². The molecule has 27 heavy (non-hydrogen) atoms. The van der Waals surface area contributed by atoms with Crippen molar-refractivity contribution in [3.63, 3.8) is 0 Å². The van der Waals surface area contributed by atoms with E-state index in [1.54, 1.807) is 0 Å². The molecule has 7 nitrogen and oxygen atoms in total. The maximum atomic E-state index is 12.8. The van der Waals surface area contributed by atoms with Gasteiger partial charge in [-0.1, -0.05) is 13.8 Å². The number of fused-ring (bicyclic) bond motifs is 1. The lowest BCUT2D eigenvalue weighted by atomic mass is 9.75. The van der Waals surface area contributed by atoms with E-state index in [1.165, 1.54) is 0 Å². The van der Waals surface area contributed by atoms with Crippen molar-refractivity contribution >= 4 is 45.9 Å². The summed E-state index contributed by atoms with van der Waals surface area (Å²) in [6.45, 7) is 6.09. The lowest BCUT2D eigenvalue weighted by Crippen LogP contribution is -2.27. The van der Waals surface area contributed by atoms with Crippen LogP contribution in [0.4, 0.5) is 5.69 Å². The van der Waals surface area contributed by atoms with Crippen LogP contribution in [-0.4, -0.2) is 17.6 Å². The monoisotopic (exact) mass is 479 g/mol. The first-order valence-corrected chi connectivity index (χ1v) is 9.59. The van der Waals surface area contributed by atoms with Gasteiger partial charge in [0, 0.05) is 26.8 Å². The lowest BCUT2D eigenvalue weighted by Gasteiger charge is -2.29. The van der Waals surface area contributed by atoms with E-state index in [2.05, 4.69) is 52.0 Å². The Morgan fingerprint density at radius 3 is 2.52 bits per heavy atom. The van der Waals surface area contributed by atoms with Crippen molar-refractivity contribution in [3.8, 4) is 0 Å². The van der Waals surface area contributed by atoms with Crippen LogP contribution in [0.2, 0.25) is 0 Å². The predicted octanol–water partition coefficient (Wildman–Crippen LogP) is 3.39. The fraction of sp³-hybridized carbons (Fsp3) is 0.316. The molecule has 2 aromatic rings. The molecule has 0 saturated carbocycles. The molecule has 1 aromatic heterocycles. The van der Waals surface area contributed by atoms with Crippen LogP contribution in [0.25, 0.3) is 0 Å². The third-order valence-electron chi connectivity index (χ3n) is 4.39. The second-order valence-electron chi connectivity index (χ2n) is 7.40. The molecule has 0 fully saturated rings. The number of benzene rings is 1. The van der Waals surface area contributed by atoms with Gasteiger partial charge in [-0.2, -0.15) is 5.10 Å². The Balaban J connectivity index is 1.98. The van der Waals surface area contributed by atoms with Crippen LogP contribution in [0.1, 0.15) is 47.7 Å². The van der Waals surface area contributed by atoms with Gasteiger partial charge in [-0.05, 0) is 65.6 Å². The number of anilines is 1. The van der Waals surface area contributed by atoms with E-state index in [1.807, 2.05) is 31.2 Å². The fourth-order valence-electron chi connectivity index (χ4n) is 3.26. The Labute approximate surface area is 171 Å². The van der Waals surface area contributed by atoms with Gasteiger partial charge in [-0.25, -0.2) is 0 Å². The summed E-state index contributed by atoms with van der Waals surface area (Å²) in [5.41, 5.74) is 13.8. The summed E-state index contributed by atoms with van der Waals surface area (Å²) in [5.74, 6) is 0.627. The average molecular weight is 479 g/mol. The molecule has 1 amide bonds. The van der Waals surface area contributed by atoms with E-state index in [-0.39, 0.29) is 23.0 Å². The average Bonchev–Trinajstić information content (AvgIpc) is 2.90. The summed E-state index contributed by atoms with van der Waals surface area (Å²) in [7, 11) is 0. The summed E-state index contributed by atoms with van der Waals surface area (Å²) < 4.78 is 7.06. The third kappa shape index (κ3) is 4.32. The minimum absolute atomic E-state index is 0.0706. The van der Waals surface area contributed by atoms with Crippen LogP contribution in [0.15, 0.2) is 38.9 Å². The van der Waals surface area contributed by atoms with E-state index < -0.39 is 0 Å². The number of carbonyl (C=O) groups is 1. The first-order chi connectivity index (χ1) is 12.7. The van der Waals surface area contributed by atoms with Gasteiger partial charge in [0.2, 0.25) is 5.96 Å². The summed E-state index contributed by atoms with van der Waals surface area (Å²) in [4.78, 5) is 12.8. The molecule has 1 aromatic carbocycles. The number of nitrogens with one attached hydrogen (secondary N) is 1. The fourth-order valence-corrected chi connectivity index (χ4v) is 3.61. The predicted molar refractivity (Wildman–Crippen MR) is 115 cm³/mol. The number of hydrogen-bond acceptors (Lipinski definition) is 4. The van der Waals surface area contributed by atoms with Crippen molar-refractivity contribution in [1.29, 1.82) is 0 Å². The Morgan fingerprint density at radius 2 is 1.89 bits per heavy atom. The maximum absolute atomic E-state index is 12.8. The zero-order valence-electron chi connectivity index (χ0n) is 15.5. The molecule has 0 bridgehead atoms. The topological polar surface area (TPSA) is 119 Å². The molecule has 8 heteroatoms. The number of nitrogens with two attached hydrogens (primary N) is 2. The maximum Gasteiger partial charge on any atom is 0.291 e. The molecule has 3 rings (SSSR count). The van der Waals surface area contributed by atoms with Crippen molar-refractivity contribution in [2.45, 2.75) is 33.6 Å². The molecule has 0 spiro atoms. The molecule has 0 aliphatic heterocycles. The highest BCUT2D eigenvalue weighted by molar-refractivity contribution is 14.1. The summed E-state index contributed by atoms with van der Waals surface area (Å²) in [6.07, 6.45) is 1.40. The molecule has 5 N–H and O–H groups in total. The van der Waals surface area contributed by atoms with Crippen molar-refractivity contribution in [1.82, 2.24) is 0 Å². The molecule has 0 unspecified atom stereocenters. The van der Waals surface area contributed by atoms with E-state index in [4.69, 9.17) is 15.9 Å². The highest BCUT2D eigenvalue weighted by atomic mass is 127. The van der Waals surface area contributed by atoms with Gasteiger partial charge in [-0.15, -0.1) is 5.10 Å². The SMILES string of the molecule is Cc1c(C(=O)Nc2ccc(I)cc2)oc2c1/C(=N\N=C(N)N)CC(C)(C)C2. The van der Waals surface area contributed by atoms with E-state index >= 15 is 0 Å². The van der Waals surface area contributed by atoms with Crippen molar-refractivity contribution < 1.29 is 9.21 Å². The van der Waals surface area contributed by atoms with Gasteiger partial charge in [-0.3, -0.25) is 4.79 Å². The van der Waals surface area contributed by atoms with Gasteiger partial charge in [0.15, 0.2) is 5.76 Å². The molecule has 1 heterocycles. The number of rotatable bonds is 3. The molecular weight excluding hydrogens is 457 g/mol. The van der Waals surface area contributed by atoms with Crippen LogP contribution in [-0.2, 0) is 6.42 Å². The molecule has 0 atom stereocenters. The van der Waals surface area contributed by atoms with Gasteiger partial charge in [0.05, 0.1) is 5.71 Å². The first kappa shape index (κ1) is 19.4. The largest absolute Gasteiger partial charge is 0.455 e. The van der Waals surface area contributed by atoms with Gasteiger partial charge in [0.25, 0.3) is 5.91 Å². The number of hydrogen-bond donors (Lipinski definition) is 3. The Morgan fingerprint density at radius 1 is 1.22 bits per heavy atom. The van der Waals surface area contributed by atoms with Crippen LogP contribution in [0, 0.1) is 15.9 Å². The Bertz CT molecular complexity index is 938. The van der Waals surface area contributed by atoms with Gasteiger partial charge >= 0.3 is 0 Å². The number of amides is 1. The summed E-state index contributed by atoms with van der Waals surface area (Å²) in [6, 6.07) is 7.57. The third-order valence-corrected chi connectivity index (χ3v) is 5.11. The van der Waals surface area contributed by atoms with E-state index in [9.17, 15) is 4.79 Å². The molecule has 142 valence electrons. The summed E-state index contributed by atoms with van der Waals surface area (Å²) in [5, 5.41) is 10.9. The molecule has 1 aliphatic rings. The standard InChI is InChI=1S/C19H22IN5O2/c1-10-15-13(24-25-18(21)22)8-19(2,3)9-14(15)27-16(10)17(26)23-12-6-4-11(20)5-7-12/h4-7H,8-9H2,1-3H3,(H,23,26)(H4,21,22,25)/b24-13-. The number of nitrogens with zero attached hydrogens (tertiary/aromatic N) is 2. The van der Waals surface area contributed by atoms with Crippen LogP contribution >= 0.6 is 22.6 Å². The van der Waals surface area contributed by atoms with Crippen molar-refractivity contribution in [2.24, 2.45) is 27.1 Å². The van der Waals surface area contributed by atoms with E-state index in [0.717, 1.165) is 26.2 Å². The number of furan rings is 1. The van der Waals surface area contributed by atoms with Crippen LogP contribution in [0.3, 0.4) is 0 Å².